The van der Waals surface area contributed by atoms with E-state index in [2.05, 4.69) is 10.3 Å². The third kappa shape index (κ3) is 5.50. The molecule has 32 heavy (non-hydrogen) atoms. The Hall–Kier alpha value is -3.71. The largest absolute Gasteiger partial charge is 0.348 e. The molecule has 0 aliphatic heterocycles. The van der Waals surface area contributed by atoms with Crippen LogP contribution in [0.1, 0.15) is 27.0 Å². The van der Waals surface area contributed by atoms with Crippen molar-refractivity contribution in [3.8, 4) is 0 Å². The fraction of sp³-hybridized carbons (Fsp3) is 0.120. The lowest BCUT2D eigenvalue weighted by atomic mass is 10.1. The summed E-state index contributed by atoms with van der Waals surface area (Å²) in [5, 5.41) is 2.92. The highest BCUT2D eigenvalue weighted by Gasteiger charge is 2.16. The molecule has 0 radical (unpaired) electrons. The molecule has 1 aromatic heterocycles. The smallest absolute Gasteiger partial charge is 0.251 e. The molecule has 1 heterocycles. The molecule has 0 fully saturated rings. The normalized spacial score (nSPS) is 11.2. The van der Waals surface area contributed by atoms with Crippen LogP contribution in [0.15, 0.2) is 102 Å². The molecule has 0 spiro atoms. The maximum atomic E-state index is 12.7. The number of hydrogen-bond acceptors (Lipinski definition) is 4. The maximum absolute atomic E-state index is 12.7. The first-order chi connectivity index (χ1) is 15.5. The van der Waals surface area contributed by atoms with Gasteiger partial charge in [-0.3, -0.25) is 4.79 Å². The van der Waals surface area contributed by atoms with E-state index in [4.69, 9.17) is 0 Å². The second kappa shape index (κ2) is 9.62. The van der Waals surface area contributed by atoms with Crippen LogP contribution in [-0.4, -0.2) is 23.9 Å². The zero-order valence-corrected chi connectivity index (χ0v) is 18.2. The van der Waals surface area contributed by atoms with Gasteiger partial charge in [0.15, 0.2) is 9.84 Å². The van der Waals surface area contributed by atoms with Gasteiger partial charge < -0.3 is 9.88 Å². The monoisotopic (exact) mass is 445 g/mol. The molecule has 4 aromatic rings. The Labute approximate surface area is 187 Å². The fourth-order valence-corrected chi connectivity index (χ4v) is 4.80. The van der Waals surface area contributed by atoms with Gasteiger partial charge in [0, 0.05) is 31.0 Å². The summed E-state index contributed by atoms with van der Waals surface area (Å²) in [7, 11) is -3.48. The van der Waals surface area contributed by atoms with Crippen LogP contribution in [-0.2, 0) is 28.7 Å². The Kier molecular flexibility index (Phi) is 6.47. The molecule has 1 N–H and O–H groups in total. The van der Waals surface area contributed by atoms with Gasteiger partial charge in [0.05, 0.1) is 17.0 Å². The van der Waals surface area contributed by atoms with Crippen molar-refractivity contribution in [2.24, 2.45) is 0 Å². The summed E-state index contributed by atoms with van der Waals surface area (Å²) < 4.78 is 27.2. The molecule has 0 bridgehead atoms. The molecule has 0 saturated carbocycles. The zero-order chi connectivity index (χ0) is 22.4. The number of carbonyl (C=O) groups excluding carboxylic acids is 1. The van der Waals surface area contributed by atoms with E-state index in [1.54, 1.807) is 67.1 Å². The van der Waals surface area contributed by atoms with E-state index >= 15 is 0 Å². The fourth-order valence-electron chi connectivity index (χ4n) is 3.45. The van der Waals surface area contributed by atoms with E-state index in [0.29, 0.717) is 24.2 Å². The molecule has 162 valence electrons. The number of sulfone groups is 1. The SMILES string of the molecule is O=C(NCc1cccc(Cn2ccnc2)c1)c1cccc(CS(=O)(=O)c2ccccc2)c1. The highest BCUT2D eigenvalue weighted by atomic mass is 32.2. The van der Waals surface area contributed by atoms with Gasteiger partial charge in [-0.1, -0.05) is 54.6 Å². The predicted molar refractivity (Wildman–Crippen MR) is 123 cm³/mol. The second-order valence-electron chi connectivity index (χ2n) is 7.51. The number of amides is 1. The summed E-state index contributed by atoms with van der Waals surface area (Å²) in [6.45, 7) is 1.09. The number of nitrogens with one attached hydrogen (secondary N) is 1. The standard InChI is InChI=1S/C25H23N3O3S/c29-25(27-16-20-6-4-7-21(14-20)17-28-13-12-26-19-28)23-9-5-8-22(15-23)18-32(30,31)24-10-2-1-3-11-24/h1-15,19H,16-18H2,(H,27,29). The molecule has 0 saturated heterocycles. The van der Waals surface area contributed by atoms with Crippen molar-refractivity contribution in [3.05, 3.63) is 120 Å². The van der Waals surface area contributed by atoms with Crippen molar-refractivity contribution in [3.63, 3.8) is 0 Å². The van der Waals surface area contributed by atoms with E-state index in [1.807, 2.05) is 35.0 Å². The van der Waals surface area contributed by atoms with Gasteiger partial charge in [-0.2, -0.15) is 0 Å². The minimum absolute atomic E-state index is 0.158. The summed E-state index contributed by atoms with van der Waals surface area (Å²) in [6.07, 6.45) is 5.40. The molecular formula is C25H23N3O3S. The van der Waals surface area contributed by atoms with Crippen LogP contribution in [0.2, 0.25) is 0 Å². The van der Waals surface area contributed by atoms with E-state index in [1.165, 1.54) is 0 Å². The van der Waals surface area contributed by atoms with Gasteiger partial charge in [0.25, 0.3) is 5.91 Å². The number of imidazole rings is 1. The number of hydrogen-bond donors (Lipinski definition) is 1. The zero-order valence-electron chi connectivity index (χ0n) is 17.4. The average molecular weight is 446 g/mol. The summed E-state index contributed by atoms with van der Waals surface area (Å²) in [6, 6.07) is 23.1. The Balaban J connectivity index is 1.40. The van der Waals surface area contributed by atoms with E-state index in [0.717, 1.165) is 11.1 Å². The van der Waals surface area contributed by atoms with Gasteiger partial charge in [0.1, 0.15) is 0 Å². The summed E-state index contributed by atoms with van der Waals surface area (Å²) in [5.41, 5.74) is 3.10. The third-order valence-electron chi connectivity index (χ3n) is 5.02. The Morgan fingerprint density at radius 1 is 0.875 bits per heavy atom. The van der Waals surface area contributed by atoms with Crippen molar-refractivity contribution in [2.75, 3.05) is 0 Å². The maximum Gasteiger partial charge on any atom is 0.251 e. The molecule has 3 aromatic carbocycles. The summed E-state index contributed by atoms with van der Waals surface area (Å²) in [5.74, 6) is -0.405. The van der Waals surface area contributed by atoms with Crippen molar-refractivity contribution in [1.29, 1.82) is 0 Å². The topological polar surface area (TPSA) is 81.1 Å². The van der Waals surface area contributed by atoms with Crippen LogP contribution >= 0.6 is 0 Å². The van der Waals surface area contributed by atoms with Gasteiger partial charge >= 0.3 is 0 Å². The lowest BCUT2D eigenvalue weighted by molar-refractivity contribution is 0.0950. The Bertz CT molecular complexity index is 1300. The van der Waals surface area contributed by atoms with Gasteiger partial charge in [-0.25, -0.2) is 13.4 Å². The third-order valence-corrected chi connectivity index (χ3v) is 6.72. The van der Waals surface area contributed by atoms with Crippen molar-refractivity contribution in [2.45, 2.75) is 23.7 Å². The number of aromatic nitrogens is 2. The molecule has 0 unspecified atom stereocenters. The van der Waals surface area contributed by atoms with Gasteiger partial charge in [0.2, 0.25) is 0 Å². The molecule has 0 atom stereocenters. The predicted octanol–water partition coefficient (Wildman–Crippen LogP) is 3.84. The molecule has 1 amide bonds. The molecule has 7 heteroatoms. The van der Waals surface area contributed by atoms with Crippen LogP contribution in [0.25, 0.3) is 0 Å². The quantitative estimate of drug-likeness (QED) is 0.447. The van der Waals surface area contributed by atoms with Crippen molar-refractivity contribution in [1.82, 2.24) is 14.9 Å². The molecule has 0 aliphatic carbocycles. The van der Waals surface area contributed by atoms with E-state index < -0.39 is 9.84 Å². The first-order valence-corrected chi connectivity index (χ1v) is 11.8. The first-order valence-electron chi connectivity index (χ1n) is 10.2. The number of benzene rings is 3. The Morgan fingerprint density at radius 2 is 1.62 bits per heavy atom. The summed E-state index contributed by atoms with van der Waals surface area (Å²) in [4.78, 5) is 17.0. The Morgan fingerprint density at radius 3 is 2.41 bits per heavy atom. The lowest BCUT2D eigenvalue weighted by Gasteiger charge is -2.09. The second-order valence-corrected chi connectivity index (χ2v) is 9.50. The number of carbonyl (C=O) groups is 1. The molecule has 4 rings (SSSR count). The number of rotatable bonds is 8. The van der Waals surface area contributed by atoms with Crippen molar-refractivity contribution < 1.29 is 13.2 Å². The van der Waals surface area contributed by atoms with Gasteiger partial charge in [-0.15, -0.1) is 0 Å². The van der Waals surface area contributed by atoms with Crippen LogP contribution in [0, 0.1) is 0 Å². The number of nitrogens with zero attached hydrogens (tertiary/aromatic N) is 2. The molecular weight excluding hydrogens is 422 g/mol. The van der Waals surface area contributed by atoms with E-state index in [9.17, 15) is 13.2 Å². The van der Waals surface area contributed by atoms with Gasteiger partial charge in [-0.05, 0) is 41.0 Å². The minimum atomic E-state index is -3.48. The van der Waals surface area contributed by atoms with Crippen molar-refractivity contribution >= 4 is 15.7 Å². The highest BCUT2D eigenvalue weighted by Crippen LogP contribution is 2.17. The minimum Gasteiger partial charge on any atom is -0.348 e. The summed E-state index contributed by atoms with van der Waals surface area (Å²) >= 11 is 0. The first kappa shape index (κ1) is 21.5. The molecule has 0 aliphatic rings. The van der Waals surface area contributed by atoms with Crippen LogP contribution < -0.4 is 5.32 Å². The van der Waals surface area contributed by atoms with Crippen LogP contribution in [0.4, 0.5) is 0 Å². The van der Waals surface area contributed by atoms with E-state index in [-0.39, 0.29) is 16.6 Å². The highest BCUT2D eigenvalue weighted by molar-refractivity contribution is 7.90. The van der Waals surface area contributed by atoms with Crippen LogP contribution in [0.5, 0.6) is 0 Å². The lowest BCUT2D eigenvalue weighted by Crippen LogP contribution is -2.23. The average Bonchev–Trinajstić information content (AvgIpc) is 3.31. The van der Waals surface area contributed by atoms with Crippen LogP contribution in [0.3, 0.4) is 0 Å². The molecule has 6 nitrogen and oxygen atoms in total.